The molecule has 0 spiro atoms. The molecule has 1 unspecified atom stereocenters. The predicted octanol–water partition coefficient (Wildman–Crippen LogP) is 3.99. The van der Waals surface area contributed by atoms with Crippen LogP contribution < -0.4 is 5.73 Å². The van der Waals surface area contributed by atoms with Crippen molar-refractivity contribution in [2.24, 2.45) is 5.73 Å². The summed E-state index contributed by atoms with van der Waals surface area (Å²) in [6, 6.07) is 6.31. The average molecular weight is 374 g/mol. The Hall–Kier alpha value is -0.780. The summed E-state index contributed by atoms with van der Waals surface area (Å²) in [5.74, 6) is -0.257. The molecule has 2 aromatic rings. The normalized spacial score (nSPS) is 12.4. The standard InChI is InChI=1S/C13H11Br2FN2/c14-10-3-9(6-18-7-10)13(17)5-8-4-11(16)1-2-12(8)15/h1-4,6-7,13H,5,17H2. The highest BCUT2D eigenvalue weighted by Crippen LogP contribution is 2.24. The molecule has 0 fully saturated rings. The zero-order valence-electron chi connectivity index (χ0n) is 9.41. The van der Waals surface area contributed by atoms with E-state index in [1.54, 1.807) is 18.5 Å². The Bertz CT molecular complexity index is 560. The van der Waals surface area contributed by atoms with Crippen LogP contribution in [-0.2, 0) is 6.42 Å². The first-order valence-corrected chi connectivity index (χ1v) is 6.95. The molecule has 94 valence electrons. The number of aromatic nitrogens is 1. The number of pyridine rings is 1. The fraction of sp³-hybridized carbons (Fsp3) is 0.154. The van der Waals surface area contributed by atoms with Crippen LogP contribution in [0, 0.1) is 5.82 Å². The van der Waals surface area contributed by atoms with Gasteiger partial charge in [0.15, 0.2) is 0 Å². The van der Waals surface area contributed by atoms with E-state index in [-0.39, 0.29) is 11.9 Å². The molecule has 5 heteroatoms. The molecule has 0 aliphatic carbocycles. The first-order valence-electron chi connectivity index (χ1n) is 5.36. The van der Waals surface area contributed by atoms with Gasteiger partial charge in [0, 0.05) is 27.4 Å². The number of benzene rings is 1. The summed E-state index contributed by atoms with van der Waals surface area (Å²) < 4.78 is 14.9. The number of hydrogen-bond acceptors (Lipinski definition) is 2. The van der Waals surface area contributed by atoms with Crippen LogP contribution in [-0.4, -0.2) is 4.98 Å². The molecule has 1 aromatic carbocycles. The van der Waals surface area contributed by atoms with Gasteiger partial charge in [-0.15, -0.1) is 0 Å². The van der Waals surface area contributed by atoms with Crippen LogP contribution >= 0.6 is 31.9 Å². The molecule has 0 saturated carbocycles. The molecular weight excluding hydrogens is 363 g/mol. The average Bonchev–Trinajstić information content (AvgIpc) is 2.34. The first kappa shape index (κ1) is 13.6. The lowest BCUT2D eigenvalue weighted by molar-refractivity contribution is 0.621. The number of nitrogens with zero attached hydrogens (tertiary/aromatic N) is 1. The molecule has 18 heavy (non-hydrogen) atoms. The number of hydrogen-bond donors (Lipinski definition) is 1. The van der Waals surface area contributed by atoms with Gasteiger partial charge in [0.2, 0.25) is 0 Å². The largest absolute Gasteiger partial charge is 0.324 e. The molecular formula is C13H11Br2FN2. The predicted molar refractivity (Wildman–Crippen MR) is 76.7 cm³/mol. The lowest BCUT2D eigenvalue weighted by Crippen LogP contribution is -2.14. The second kappa shape index (κ2) is 5.91. The summed E-state index contributed by atoms with van der Waals surface area (Å²) in [4.78, 5) is 4.07. The topological polar surface area (TPSA) is 38.9 Å². The fourth-order valence-corrected chi connectivity index (χ4v) is 2.48. The Morgan fingerprint density at radius 3 is 2.72 bits per heavy atom. The molecule has 1 atom stereocenters. The fourth-order valence-electron chi connectivity index (χ4n) is 1.69. The first-order chi connectivity index (χ1) is 8.56. The van der Waals surface area contributed by atoms with Gasteiger partial charge >= 0.3 is 0 Å². The Morgan fingerprint density at radius 2 is 2.00 bits per heavy atom. The smallest absolute Gasteiger partial charge is 0.123 e. The van der Waals surface area contributed by atoms with Crippen LogP contribution in [0.25, 0.3) is 0 Å². The molecule has 1 heterocycles. The molecule has 0 radical (unpaired) electrons. The molecule has 2 rings (SSSR count). The third kappa shape index (κ3) is 3.37. The monoisotopic (exact) mass is 372 g/mol. The third-order valence-electron chi connectivity index (χ3n) is 2.60. The Labute approximate surface area is 122 Å². The second-order valence-corrected chi connectivity index (χ2v) is 5.75. The SMILES string of the molecule is NC(Cc1cc(F)ccc1Br)c1cncc(Br)c1. The van der Waals surface area contributed by atoms with Crippen LogP contribution in [0.2, 0.25) is 0 Å². The number of rotatable bonds is 3. The highest BCUT2D eigenvalue weighted by molar-refractivity contribution is 9.10. The van der Waals surface area contributed by atoms with E-state index < -0.39 is 0 Å². The van der Waals surface area contributed by atoms with Gasteiger partial charge in [-0.3, -0.25) is 4.98 Å². The van der Waals surface area contributed by atoms with E-state index in [0.717, 1.165) is 20.1 Å². The summed E-state index contributed by atoms with van der Waals surface area (Å²) in [6.07, 6.45) is 3.98. The Kier molecular flexibility index (Phi) is 4.48. The van der Waals surface area contributed by atoms with Crippen LogP contribution in [0.1, 0.15) is 17.2 Å². The highest BCUT2D eigenvalue weighted by atomic mass is 79.9. The van der Waals surface area contributed by atoms with Gasteiger partial charge in [0.05, 0.1) is 0 Å². The molecule has 2 N–H and O–H groups in total. The molecule has 2 nitrogen and oxygen atoms in total. The van der Waals surface area contributed by atoms with E-state index in [2.05, 4.69) is 36.8 Å². The third-order valence-corrected chi connectivity index (χ3v) is 3.81. The van der Waals surface area contributed by atoms with E-state index >= 15 is 0 Å². The van der Waals surface area contributed by atoms with Crippen molar-refractivity contribution in [3.63, 3.8) is 0 Å². The molecule has 0 saturated heterocycles. The van der Waals surface area contributed by atoms with Gasteiger partial charge in [-0.05, 0) is 57.7 Å². The van der Waals surface area contributed by atoms with Gasteiger partial charge in [0.25, 0.3) is 0 Å². The van der Waals surface area contributed by atoms with Crippen molar-refractivity contribution in [1.82, 2.24) is 4.98 Å². The Morgan fingerprint density at radius 1 is 1.22 bits per heavy atom. The minimum Gasteiger partial charge on any atom is -0.324 e. The summed E-state index contributed by atoms with van der Waals surface area (Å²) in [5, 5.41) is 0. The van der Waals surface area contributed by atoms with E-state index in [0.29, 0.717) is 6.42 Å². The second-order valence-electron chi connectivity index (χ2n) is 3.98. The number of halogens is 3. The summed E-state index contributed by atoms with van der Waals surface area (Å²) >= 11 is 6.75. The van der Waals surface area contributed by atoms with Crippen molar-refractivity contribution in [3.05, 3.63) is 62.5 Å². The highest BCUT2D eigenvalue weighted by Gasteiger charge is 2.11. The Balaban J connectivity index is 2.21. The van der Waals surface area contributed by atoms with Crippen LogP contribution in [0.5, 0.6) is 0 Å². The minimum absolute atomic E-state index is 0.215. The van der Waals surface area contributed by atoms with Gasteiger partial charge in [0.1, 0.15) is 5.82 Å². The van der Waals surface area contributed by atoms with Gasteiger partial charge in [-0.25, -0.2) is 4.39 Å². The zero-order chi connectivity index (χ0) is 13.1. The van der Waals surface area contributed by atoms with Crippen LogP contribution in [0.3, 0.4) is 0 Å². The van der Waals surface area contributed by atoms with Gasteiger partial charge in [-0.2, -0.15) is 0 Å². The summed E-state index contributed by atoms with van der Waals surface area (Å²) in [6.45, 7) is 0. The lowest BCUT2D eigenvalue weighted by Gasteiger charge is -2.13. The quantitative estimate of drug-likeness (QED) is 0.883. The van der Waals surface area contributed by atoms with E-state index in [1.165, 1.54) is 12.1 Å². The summed E-state index contributed by atoms with van der Waals surface area (Å²) in [7, 11) is 0. The maximum Gasteiger partial charge on any atom is 0.123 e. The van der Waals surface area contributed by atoms with Crippen LogP contribution in [0.4, 0.5) is 4.39 Å². The summed E-state index contributed by atoms with van der Waals surface area (Å²) in [5.41, 5.74) is 7.88. The maximum absolute atomic E-state index is 13.2. The van der Waals surface area contributed by atoms with Crippen LogP contribution in [0.15, 0.2) is 45.6 Å². The number of nitrogens with two attached hydrogens (primary N) is 1. The van der Waals surface area contributed by atoms with Gasteiger partial charge < -0.3 is 5.73 Å². The molecule has 0 aliphatic heterocycles. The molecule has 0 amide bonds. The van der Waals surface area contributed by atoms with Crippen molar-refractivity contribution in [2.45, 2.75) is 12.5 Å². The molecule has 0 bridgehead atoms. The van der Waals surface area contributed by atoms with Crippen molar-refractivity contribution >= 4 is 31.9 Å². The van der Waals surface area contributed by atoms with E-state index in [1.807, 2.05) is 6.07 Å². The molecule has 1 aromatic heterocycles. The van der Waals surface area contributed by atoms with E-state index in [9.17, 15) is 4.39 Å². The minimum atomic E-state index is -0.257. The van der Waals surface area contributed by atoms with Crippen molar-refractivity contribution in [3.8, 4) is 0 Å². The maximum atomic E-state index is 13.2. The van der Waals surface area contributed by atoms with Crippen molar-refractivity contribution in [1.29, 1.82) is 0 Å². The van der Waals surface area contributed by atoms with Gasteiger partial charge in [-0.1, -0.05) is 15.9 Å². The molecule has 0 aliphatic rings. The zero-order valence-corrected chi connectivity index (χ0v) is 12.6. The lowest BCUT2D eigenvalue weighted by atomic mass is 10.0. The van der Waals surface area contributed by atoms with Crippen molar-refractivity contribution in [2.75, 3.05) is 0 Å². The van der Waals surface area contributed by atoms with E-state index in [4.69, 9.17) is 5.73 Å². The van der Waals surface area contributed by atoms with Crippen molar-refractivity contribution < 1.29 is 4.39 Å².